The van der Waals surface area contributed by atoms with Crippen LogP contribution in [0, 0.1) is 25.2 Å². The van der Waals surface area contributed by atoms with Crippen LogP contribution in [0.3, 0.4) is 0 Å². The van der Waals surface area contributed by atoms with Crippen molar-refractivity contribution in [3.05, 3.63) is 52.9 Å². The number of nitrogens with zero attached hydrogens (tertiary/aromatic N) is 2. The average Bonchev–Trinajstić information content (AvgIpc) is 2.94. The summed E-state index contributed by atoms with van der Waals surface area (Å²) in [5.74, 6) is -0.596. The van der Waals surface area contributed by atoms with E-state index in [9.17, 15) is 14.9 Å². The second-order valence-corrected chi connectivity index (χ2v) is 6.66. The summed E-state index contributed by atoms with van der Waals surface area (Å²) in [4.78, 5) is 23.5. The van der Waals surface area contributed by atoms with E-state index in [1.54, 1.807) is 30.3 Å². The van der Waals surface area contributed by atoms with Gasteiger partial charge in [0.2, 0.25) is 5.91 Å². The van der Waals surface area contributed by atoms with Crippen LogP contribution < -0.4 is 15.8 Å². The lowest BCUT2D eigenvalue weighted by atomic mass is 10.1. The Morgan fingerprint density at radius 2 is 2.03 bits per heavy atom. The maximum absolute atomic E-state index is 12.7. The van der Waals surface area contributed by atoms with E-state index in [4.69, 9.17) is 10.5 Å². The van der Waals surface area contributed by atoms with Crippen LogP contribution in [0.4, 0.5) is 5.69 Å². The minimum Gasteiger partial charge on any atom is -0.491 e. The van der Waals surface area contributed by atoms with Gasteiger partial charge in [-0.15, -0.1) is 0 Å². The number of carbonyl (C=O) groups excluding carboxylic acids is 2. The third-order valence-electron chi connectivity index (χ3n) is 4.47. The molecule has 7 heteroatoms. The van der Waals surface area contributed by atoms with Gasteiger partial charge in [0.25, 0.3) is 5.91 Å². The number of hydrogen-bond donors (Lipinski definition) is 2. The average molecular weight is 394 g/mol. The minimum atomic E-state index is -0.529. The van der Waals surface area contributed by atoms with E-state index < -0.39 is 11.8 Å². The van der Waals surface area contributed by atoms with Gasteiger partial charge in [-0.05, 0) is 50.1 Å². The second kappa shape index (κ2) is 10.1. The molecule has 0 fully saturated rings. The van der Waals surface area contributed by atoms with E-state index in [-0.39, 0.29) is 18.6 Å². The van der Waals surface area contributed by atoms with Crippen LogP contribution in [0.15, 0.2) is 35.9 Å². The molecule has 0 saturated heterocycles. The van der Waals surface area contributed by atoms with Crippen LogP contribution >= 0.6 is 0 Å². The van der Waals surface area contributed by atoms with Gasteiger partial charge >= 0.3 is 0 Å². The number of nitrogens with two attached hydrogens (primary N) is 1. The molecule has 1 heterocycles. The Bertz CT molecular complexity index is 967. The zero-order chi connectivity index (χ0) is 21.4. The summed E-state index contributed by atoms with van der Waals surface area (Å²) in [5, 5.41) is 12.2. The second-order valence-electron chi connectivity index (χ2n) is 6.66. The monoisotopic (exact) mass is 394 g/mol. The van der Waals surface area contributed by atoms with Crippen LogP contribution in [-0.2, 0) is 16.1 Å². The number of nitrogens with one attached hydrogen (secondary N) is 1. The molecule has 0 aliphatic heterocycles. The van der Waals surface area contributed by atoms with E-state index >= 15 is 0 Å². The van der Waals surface area contributed by atoms with Crippen molar-refractivity contribution in [1.82, 2.24) is 4.57 Å². The van der Waals surface area contributed by atoms with Gasteiger partial charge in [0, 0.05) is 17.9 Å². The summed E-state index contributed by atoms with van der Waals surface area (Å²) in [7, 11) is 0. The lowest BCUT2D eigenvalue weighted by Crippen LogP contribution is -2.16. The van der Waals surface area contributed by atoms with Crippen LogP contribution in [0.5, 0.6) is 5.75 Å². The summed E-state index contributed by atoms with van der Waals surface area (Å²) in [6.07, 6.45) is 2.66. The first-order valence-electron chi connectivity index (χ1n) is 9.47. The minimum absolute atomic E-state index is 0.00584. The van der Waals surface area contributed by atoms with Crippen molar-refractivity contribution in [3.8, 4) is 11.8 Å². The van der Waals surface area contributed by atoms with Gasteiger partial charge in [-0.3, -0.25) is 9.59 Å². The van der Waals surface area contributed by atoms with Crippen LogP contribution in [0.2, 0.25) is 0 Å². The molecule has 0 saturated carbocycles. The van der Waals surface area contributed by atoms with Crippen molar-refractivity contribution in [3.63, 3.8) is 0 Å². The first-order valence-corrected chi connectivity index (χ1v) is 9.47. The Morgan fingerprint density at radius 3 is 2.69 bits per heavy atom. The number of para-hydroxylation sites is 2. The fraction of sp³-hybridized carbons (Fsp3) is 0.318. The Hall–Kier alpha value is -3.53. The number of hydrogen-bond acceptors (Lipinski definition) is 4. The molecule has 1 aromatic heterocycles. The fourth-order valence-corrected chi connectivity index (χ4v) is 2.99. The van der Waals surface area contributed by atoms with Gasteiger partial charge in [-0.25, -0.2) is 0 Å². The molecule has 0 aliphatic carbocycles. The van der Waals surface area contributed by atoms with E-state index in [2.05, 4.69) is 16.8 Å². The van der Waals surface area contributed by atoms with Crippen LogP contribution in [0.1, 0.15) is 36.7 Å². The van der Waals surface area contributed by atoms with Gasteiger partial charge in [-0.2, -0.15) is 5.26 Å². The molecule has 2 rings (SSSR count). The highest BCUT2D eigenvalue weighted by Crippen LogP contribution is 2.25. The molecule has 29 heavy (non-hydrogen) atoms. The molecule has 0 unspecified atom stereocenters. The smallest absolute Gasteiger partial charge is 0.266 e. The van der Waals surface area contributed by atoms with Gasteiger partial charge in [0.05, 0.1) is 18.7 Å². The Morgan fingerprint density at radius 1 is 1.31 bits per heavy atom. The first kappa shape index (κ1) is 21.8. The normalized spacial score (nSPS) is 11.0. The number of ether oxygens (including phenoxy) is 1. The maximum Gasteiger partial charge on any atom is 0.266 e. The Kier molecular flexibility index (Phi) is 7.61. The summed E-state index contributed by atoms with van der Waals surface area (Å²) < 4.78 is 7.69. The van der Waals surface area contributed by atoms with Crippen molar-refractivity contribution in [1.29, 1.82) is 5.26 Å². The lowest BCUT2D eigenvalue weighted by Gasteiger charge is -2.11. The van der Waals surface area contributed by atoms with Crippen molar-refractivity contribution in [2.75, 3.05) is 11.9 Å². The van der Waals surface area contributed by atoms with Gasteiger partial charge < -0.3 is 20.4 Å². The highest BCUT2D eigenvalue weighted by molar-refractivity contribution is 6.10. The molecule has 0 atom stereocenters. The van der Waals surface area contributed by atoms with E-state index in [1.165, 1.54) is 0 Å². The van der Waals surface area contributed by atoms with E-state index in [1.807, 2.05) is 26.0 Å². The predicted molar refractivity (Wildman–Crippen MR) is 112 cm³/mol. The molecule has 7 nitrogen and oxygen atoms in total. The number of anilines is 1. The zero-order valence-corrected chi connectivity index (χ0v) is 17.0. The molecule has 152 valence electrons. The maximum atomic E-state index is 12.7. The van der Waals surface area contributed by atoms with E-state index in [0.29, 0.717) is 11.4 Å². The highest BCUT2D eigenvalue weighted by atomic mass is 16.5. The summed E-state index contributed by atoms with van der Waals surface area (Å²) in [5.41, 5.74) is 8.47. The molecule has 3 N–H and O–H groups in total. The van der Waals surface area contributed by atoms with Crippen LogP contribution in [-0.4, -0.2) is 23.0 Å². The summed E-state index contributed by atoms with van der Waals surface area (Å²) >= 11 is 0. The third kappa shape index (κ3) is 5.72. The van der Waals surface area contributed by atoms with Crippen LogP contribution in [0.25, 0.3) is 6.08 Å². The molecule has 2 amide bonds. The quantitative estimate of drug-likeness (QED) is 0.502. The Labute approximate surface area is 170 Å². The number of carbonyl (C=O) groups is 2. The highest BCUT2D eigenvalue weighted by Gasteiger charge is 2.15. The molecule has 0 aliphatic rings. The standard InChI is InChI=1S/C22H26N4O3/c1-4-10-26-15(2)12-17(16(26)3)13-18(14-23)22(28)25-19-7-5-6-8-20(19)29-11-9-21(24)27/h5-8,12-13H,4,9-11H2,1-3H3,(H2,24,27)(H,25,28)/b18-13+. The third-order valence-corrected chi connectivity index (χ3v) is 4.47. The number of nitriles is 1. The molecular weight excluding hydrogens is 368 g/mol. The molecule has 0 spiro atoms. The van der Waals surface area contributed by atoms with Gasteiger partial charge in [-0.1, -0.05) is 19.1 Å². The number of aryl methyl sites for hydroxylation is 1. The topological polar surface area (TPSA) is 110 Å². The number of aromatic nitrogens is 1. The zero-order valence-electron chi connectivity index (χ0n) is 17.0. The van der Waals surface area contributed by atoms with Crippen molar-refractivity contribution in [2.24, 2.45) is 5.73 Å². The molecule has 1 aromatic carbocycles. The number of rotatable bonds is 9. The summed E-state index contributed by atoms with van der Waals surface area (Å²) in [6, 6.07) is 10.8. The summed E-state index contributed by atoms with van der Waals surface area (Å²) in [6.45, 7) is 7.07. The molecule has 2 aromatic rings. The number of amides is 2. The van der Waals surface area contributed by atoms with Gasteiger partial charge in [0.15, 0.2) is 0 Å². The van der Waals surface area contributed by atoms with Crippen molar-refractivity contribution >= 4 is 23.6 Å². The fourth-order valence-electron chi connectivity index (χ4n) is 2.99. The van der Waals surface area contributed by atoms with Crippen molar-refractivity contribution < 1.29 is 14.3 Å². The largest absolute Gasteiger partial charge is 0.491 e. The van der Waals surface area contributed by atoms with Gasteiger partial charge in [0.1, 0.15) is 17.4 Å². The van der Waals surface area contributed by atoms with Crippen molar-refractivity contribution in [2.45, 2.75) is 40.2 Å². The number of primary amides is 1. The number of benzene rings is 1. The molecule has 0 bridgehead atoms. The SMILES string of the molecule is CCCn1c(C)cc(/C=C(\C#N)C(=O)Nc2ccccc2OCCC(N)=O)c1C. The first-order chi connectivity index (χ1) is 13.9. The lowest BCUT2D eigenvalue weighted by molar-refractivity contribution is -0.118. The van der Waals surface area contributed by atoms with E-state index in [0.717, 1.165) is 29.9 Å². The Balaban J connectivity index is 2.21. The molecular formula is C22H26N4O3. The predicted octanol–water partition coefficient (Wildman–Crippen LogP) is 3.31. The molecule has 0 radical (unpaired) electrons.